The van der Waals surface area contributed by atoms with Crippen LogP contribution < -0.4 is 16.1 Å². The summed E-state index contributed by atoms with van der Waals surface area (Å²) in [6.07, 6.45) is -2.52. The molecule has 1 aliphatic rings. The van der Waals surface area contributed by atoms with Gasteiger partial charge in [0.2, 0.25) is 6.41 Å². The van der Waals surface area contributed by atoms with Crippen LogP contribution >= 0.6 is 0 Å². The normalized spacial score (nSPS) is 22.8. The molecule has 0 radical (unpaired) electrons. The van der Waals surface area contributed by atoms with E-state index >= 15 is 0 Å². The van der Waals surface area contributed by atoms with Gasteiger partial charge in [-0.3, -0.25) is 19.1 Å². The van der Waals surface area contributed by atoms with Crippen LogP contribution in [0, 0.1) is 0 Å². The minimum Gasteiger partial charge on any atom is -0.394 e. The first-order chi connectivity index (χ1) is 15.5. The van der Waals surface area contributed by atoms with Crippen molar-refractivity contribution in [1.29, 1.82) is 0 Å². The number of nitrogens with one attached hydrogen (secondary N) is 1. The second-order valence-electron chi connectivity index (χ2n) is 7.49. The zero-order chi connectivity index (χ0) is 22.8. The molecular formula is C22H23N3O7. The molecule has 1 saturated heterocycles. The molecule has 0 spiro atoms. The SMILES string of the molecule is CO[C@@H]1[C@@H](O)[C@@H](CO)O[C@H]1n1cc(N(C=O)Cc2cccc3ccccc23)c(=O)[nH]c1=O. The number of carbonyl (C=O) groups excluding carboxylic acids is 1. The van der Waals surface area contributed by atoms with Gasteiger partial charge in [-0.15, -0.1) is 0 Å². The summed E-state index contributed by atoms with van der Waals surface area (Å²) in [6, 6.07) is 13.3. The van der Waals surface area contributed by atoms with Gasteiger partial charge in [0.1, 0.15) is 24.0 Å². The summed E-state index contributed by atoms with van der Waals surface area (Å²) in [7, 11) is 1.33. The van der Waals surface area contributed by atoms with Gasteiger partial charge in [-0.2, -0.15) is 0 Å². The number of aliphatic hydroxyl groups is 2. The molecule has 10 heteroatoms. The van der Waals surface area contributed by atoms with Crippen molar-refractivity contribution in [2.45, 2.75) is 31.1 Å². The number of amides is 1. The second kappa shape index (κ2) is 9.05. The van der Waals surface area contributed by atoms with Gasteiger partial charge in [-0.05, 0) is 16.3 Å². The van der Waals surface area contributed by atoms with E-state index in [1.54, 1.807) is 0 Å². The summed E-state index contributed by atoms with van der Waals surface area (Å²) in [6.45, 7) is -0.392. The standard InChI is InChI=1S/C22H23N3O7/c1-31-19-18(28)17(11-26)32-21(19)25-10-16(20(29)23-22(25)30)24(12-27)9-14-7-4-6-13-5-2-3-8-15(13)14/h2-8,10,12,17-19,21,26,28H,9,11H2,1H3,(H,23,29,30)/t17-,18+,19-,21-/m1/s1. The monoisotopic (exact) mass is 441 g/mol. The Morgan fingerprint density at radius 3 is 2.69 bits per heavy atom. The molecule has 3 aromatic rings. The number of hydrogen-bond acceptors (Lipinski definition) is 7. The lowest BCUT2D eigenvalue weighted by Gasteiger charge is -2.23. The van der Waals surface area contributed by atoms with Crippen molar-refractivity contribution in [3.8, 4) is 0 Å². The lowest BCUT2D eigenvalue weighted by Crippen LogP contribution is -2.40. The van der Waals surface area contributed by atoms with E-state index in [1.807, 2.05) is 42.5 Å². The van der Waals surface area contributed by atoms with E-state index in [0.717, 1.165) is 20.9 Å². The Bertz CT molecular complexity index is 1230. The number of aromatic amines is 1. The van der Waals surface area contributed by atoms with Crippen LogP contribution in [0.1, 0.15) is 11.8 Å². The number of aliphatic hydroxyl groups excluding tert-OH is 2. The Hall–Kier alpha value is -3.31. The van der Waals surface area contributed by atoms with Gasteiger partial charge in [0.05, 0.1) is 13.2 Å². The van der Waals surface area contributed by atoms with Crippen LogP contribution in [-0.4, -0.2) is 58.2 Å². The van der Waals surface area contributed by atoms with E-state index in [9.17, 15) is 24.6 Å². The van der Waals surface area contributed by atoms with Crippen LogP contribution in [0.15, 0.2) is 58.3 Å². The lowest BCUT2D eigenvalue weighted by atomic mass is 10.0. The van der Waals surface area contributed by atoms with Crippen LogP contribution in [-0.2, 0) is 20.8 Å². The number of hydrogen-bond donors (Lipinski definition) is 3. The van der Waals surface area contributed by atoms with Crippen molar-refractivity contribution in [3.63, 3.8) is 0 Å². The number of H-pyrrole nitrogens is 1. The first-order valence-electron chi connectivity index (χ1n) is 9.99. The predicted octanol–water partition coefficient (Wildman–Crippen LogP) is 0.118. The molecule has 4 rings (SSSR count). The van der Waals surface area contributed by atoms with E-state index in [-0.39, 0.29) is 12.2 Å². The fraction of sp³-hybridized carbons (Fsp3) is 0.318. The second-order valence-corrected chi connectivity index (χ2v) is 7.49. The quantitative estimate of drug-likeness (QED) is 0.443. The van der Waals surface area contributed by atoms with E-state index in [4.69, 9.17) is 9.47 Å². The highest BCUT2D eigenvalue weighted by atomic mass is 16.6. The van der Waals surface area contributed by atoms with E-state index in [2.05, 4.69) is 4.98 Å². The molecule has 3 N–H and O–H groups in total. The molecule has 1 fully saturated rings. The molecule has 1 amide bonds. The van der Waals surface area contributed by atoms with Gasteiger partial charge < -0.3 is 24.6 Å². The minimum absolute atomic E-state index is 0.0760. The molecule has 1 aromatic heterocycles. The Kier molecular flexibility index (Phi) is 6.19. The molecule has 10 nitrogen and oxygen atoms in total. The summed E-state index contributed by atoms with van der Waals surface area (Å²) >= 11 is 0. The Morgan fingerprint density at radius 1 is 1.22 bits per heavy atom. The zero-order valence-corrected chi connectivity index (χ0v) is 17.2. The van der Waals surface area contributed by atoms with Crippen LogP contribution in [0.4, 0.5) is 5.69 Å². The van der Waals surface area contributed by atoms with Gasteiger partial charge in [0, 0.05) is 13.3 Å². The summed E-state index contributed by atoms with van der Waals surface area (Å²) in [5.41, 5.74) is -0.805. The predicted molar refractivity (Wildman–Crippen MR) is 115 cm³/mol. The third-order valence-electron chi connectivity index (χ3n) is 5.65. The molecule has 1 aliphatic heterocycles. The molecule has 168 valence electrons. The summed E-state index contributed by atoms with van der Waals surface area (Å²) < 4.78 is 11.9. The Balaban J connectivity index is 1.74. The van der Waals surface area contributed by atoms with Gasteiger partial charge in [0.15, 0.2) is 6.23 Å². The van der Waals surface area contributed by atoms with E-state index < -0.39 is 42.4 Å². The van der Waals surface area contributed by atoms with Gasteiger partial charge in [-0.25, -0.2) is 4.79 Å². The molecule has 4 atom stereocenters. The Labute approximate surface area is 182 Å². The van der Waals surface area contributed by atoms with Crippen LogP contribution in [0.2, 0.25) is 0 Å². The third-order valence-corrected chi connectivity index (χ3v) is 5.65. The number of aromatic nitrogens is 2. The molecule has 32 heavy (non-hydrogen) atoms. The maximum Gasteiger partial charge on any atom is 0.330 e. The number of ether oxygens (including phenoxy) is 2. The highest BCUT2D eigenvalue weighted by Gasteiger charge is 2.45. The maximum absolute atomic E-state index is 12.6. The smallest absolute Gasteiger partial charge is 0.330 e. The van der Waals surface area contributed by atoms with Crippen molar-refractivity contribution in [2.75, 3.05) is 18.6 Å². The number of nitrogens with zero attached hydrogens (tertiary/aromatic N) is 2. The first-order valence-corrected chi connectivity index (χ1v) is 9.99. The van der Waals surface area contributed by atoms with Crippen molar-refractivity contribution < 1.29 is 24.5 Å². The fourth-order valence-corrected chi connectivity index (χ4v) is 4.01. The number of methoxy groups -OCH3 is 1. The van der Waals surface area contributed by atoms with Gasteiger partial charge >= 0.3 is 5.69 Å². The van der Waals surface area contributed by atoms with E-state index in [0.29, 0.717) is 6.41 Å². The molecule has 2 heterocycles. The number of benzene rings is 2. The van der Waals surface area contributed by atoms with Crippen molar-refractivity contribution in [3.05, 3.63) is 75.1 Å². The zero-order valence-electron chi connectivity index (χ0n) is 17.2. The average Bonchev–Trinajstić information content (AvgIpc) is 3.13. The number of carbonyl (C=O) groups is 1. The number of anilines is 1. The fourth-order valence-electron chi connectivity index (χ4n) is 4.01. The lowest BCUT2D eigenvalue weighted by molar-refractivity contribution is -0.107. The highest BCUT2D eigenvalue weighted by Crippen LogP contribution is 2.31. The third kappa shape index (κ3) is 3.84. The summed E-state index contributed by atoms with van der Waals surface area (Å²) in [5, 5.41) is 21.6. The molecule has 0 unspecified atom stereocenters. The summed E-state index contributed by atoms with van der Waals surface area (Å²) in [4.78, 5) is 40.4. The summed E-state index contributed by atoms with van der Waals surface area (Å²) in [5.74, 6) is 0. The largest absolute Gasteiger partial charge is 0.394 e. The number of fused-ring (bicyclic) bond motifs is 1. The average molecular weight is 441 g/mol. The molecule has 0 saturated carbocycles. The molecule has 0 bridgehead atoms. The first kappa shape index (κ1) is 21.9. The van der Waals surface area contributed by atoms with Crippen molar-refractivity contribution in [2.24, 2.45) is 0 Å². The van der Waals surface area contributed by atoms with E-state index in [1.165, 1.54) is 18.2 Å². The van der Waals surface area contributed by atoms with Crippen LogP contribution in [0.5, 0.6) is 0 Å². The van der Waals surface area contributed by atoms with Crippen molar-refractivity contribution in [1.82, 2.24) is 9.55 Å². The van der Waals surface area contributed by atoms with Crippen LogP contribution in [0.3, 0.4) is 0 Å². The van der Waals surface area contributed by atoms with Crippen molar-refractivity contribution >= 4 is 22.9 Å². The topological polar surface area (TPSA) is 134 Å². The Morgan fingerprint density at radius 2 is 1.97 bits per heavy atom. The number of rotatable bonds is 7. The molecule has 2 aromatic carbocycles. The molecule has 0 aliphatic carbocycles. The van der Waals surface area contributed by atoms with Gasteiger partial charge in [0.25, 0.3) is 5.56 Å². The van der Waals surface area contributed by atoms with Crippen LogP contribution in [0.25, 0.3) is 10.8 Å². The highest BCUT2D eigenvalue weighted by molar-refractivity contribution is 5.87. The minimum atomic E-state index is -1.19. The maximum atomic E-state index is 12.6. The van der Waals surface area contributed by atoms with Gasteiger partial charge in [-0.1, -0.05) is 42.5 Å². The molecular weight excluding hydrogens is 418 g/mol.